The summed E-state index contributed by atoms with van der Waals surface area (Å²) in [6.07, 6.45) is 1.94. The Bertz CT molecular complexity index is 1340. The van der Waals surface area contributed by atoms with E-state index in [0.717, 1.165) is 10.5 Å². The number of rotatable bonds is 4. The fourth-order valence-corrected chi connectivity index (χ4v) is 4.70. The standard InChI is InChI=1S/C26H21N3O6/c30-21-10-15(14-4-2-1-3-5-14)11-22(31)19(21)13-27-16-6-7-17-18(12-16)26(35)29(25(17)34)20-8-9-23(32)28-24(20)33/h1-7,12-13,15,20,30H,8-11H2,(H,28,32,33). The summed E-state index contributed by atoms with van der Waals surface area (Å²) in [5, 5.41) is 12.7. The van der Waals surface area contributed by atoms with Gasteiger partial charge in [-0.05, 0) is 36.1 Å². The minimum Gasteiger partial charge on any atom is -0.511 e. The highest BCUT2D eigenvalue weighted by molar-refractivity contribution is 6.24. The van der Waals surface area contributed by atoms with Crippen LogP contribution in [0, 0.1) is 0 Å². The molecule has 5 rings (SSSR count). The average Bonchev–Trinajstić information content (AvgIpc) is 3.08. The van der Waals surface area contributed by atoms with Crippen molar-refractivity contribution in [2.45, 2.75) is 37.6 Å². The van der Waals surface area contributed by atoms with Gasteiger partial charge in [-0.25, -0.2) is 0 Å². The summed E-state index contributed by atoms with van der Waals surface area (Å²) in [6.45, 7) is 0. The predicted molar refractivity (Wildman–Crippen MR) is 124 cm³/mol. The highest BCUT2D eigenvalue weighted by Gasteiger charge is 2.44. The van der Waals surface area contributed by atoms with Gasteiger partial charge in [0.25, 0.3) is 11.8 Å². The molecule has 2 aromatic rings. The van der Waals surface area contributed by atoms with Gasteiger partial charge < -0.3 is 5.11 Å². The van der Waals surface area contributed by atoms with Crippen molar-refractivity contribution in [3.05, 3.63) is 76.6 Å². The summed E-state index contributed by atoms with van der Waals surface area (Å²) in [5.41, 5.74) is 1.64. The molecule has 2 heterocycles. The summed E-state index contributed by atoms with van der Waals surface area (Å²) in [5.74, 6) is -2.76. The lowest BCUT2D eigenvalue weighted by atomic mass is 9.83. The molecule has 0 aromatic heterocycles. The van der Waals surface area contributed by atoms with Gasteiger partial charge in [-0.3, -0.25) is 39.2 Å². The maximum absolute atomic E-state index is 13.0. The summed E-state index contributed by atoms with van der Waals surface area (Å²) < 4.78 is 0. The molecule has 2 unspecified atom stereocenters. The monoisotopic (exact) mass is 471 g/mol. The summed E-state index contributed by atoms with van der Waals surface area (Å²) in [6, 6.07) is 12.8. The van der Waals surface area contributed by atoms with Gasteiger partial charge in [-0.1, -0.05) is 30.3 Å². The molecule has 0 bridgehead atoms. The van der Waals surface area contributed by atoms with Crippen LogP contribution in [0.25, 0.3) is 0 Å². The Kier molecular flexibility index (Phi) is 5.60. The van der Waals surface area contributed by atoms with Crippen LogP contribution in [0.5, 0.6) is 0 Å². The Morgan fingerprint density at radius 3 is 2.40 bits per heavy atom. The van der Waals surface area contributed by atoms with E-state index in [4.69, 9.17) is 0 Å². The van der Waals surface area contributed by atoms with Crippen LogP contribution in [0.4, 0.5) is 5.69 Å². The quantitative estimate of drug-likeness (QED) is 0.520. The third-order valence-corrected chi connectivity index (χ3v) is 6.52. The number of carbonyl (C=O) groups is 5. The molecule has 9 heteroatoms. The maximum atomic E-state index is 13.0. The van der Waals surface area contributed by atoms with Crippen molar-refractivity contribution in [2.24, 2.45) is 4.99 Å². The van der Waals surface area contributed by atoms with Gasteiger partial charge in [0, 0.05) is 25.5 Å². The number of allylic oxidation sites excluding steroid dienone is 2. The van der Waals surface area contributed by atoms with Crippen molar-refractivity contribution >= 4 is 41.3 Å². The van der Waals surface area contributed by atoms with Gasteiger partial charge in [0.05, 0.1) is 22.4 Å². The molecule has 9 nitrogen and oxygen atoms in total. The van der Waals surface area contributed by atoms with E-state index < -0.39 is 29.7 Å². The van der Waals surface area contributed by atoms with Crippen molar-refractivity contribution in [3.8, 4) is 0 Å². The minimum atomic E-state index is -1.05. The van der Waals surface area contributed by atoms with E-state index in [2.05, 4.69) is 10.3 Å². The first-order valence-electron chi connectivity index (χ1n) is 11.2. The van der Waals surface area contributed by atoms with E-state index >= 15 is 0 Å². The SMILES string of the molecule is O=C1CCC(N2C(=O)c3ccc(N=CC4=C(O)CC(c5ccccc5)CC4=O)cc3C2=O)C(=O)N1. The summed E-state index contributed by atoms with van der Waals surface area (Å²) >= 11 is 0. The molecule has 1 saturated heterocycles. The van der Waals surface area contributed by atoms with Crippen molar-refractivity contribution in [1.29, 1.82) is 0 Å². The van der Waals surface area contributed by atoms with E-state index in [1.54, 1.807) is 0 Å². The first kappa shape index (κ1) is 22.4. The minimum absolute atomic E-state index is 0.0388. The molecule has 35 heavy (non-hydrogen) atoms. The molecule has 0 saturated carbocycles. The van der Waals surface area contributed by atoms with Crippen LogP contribution in [-0.4, -0.2) is 51.7 Å². The topological polar surface area (TPSA) is 133 Å². The lowest BCUT2D eigenvalue weighted by Crippen LogP contribution is -2.54. The molecule has 176 valence electrons. The third-order valence-electron chi connectivity index (χ3n) is 6.52. The van der Waals surface area contributed by atoms with Crippen LogP contribution in [0.2, 0.25) is 0 Å². The number of aliphatic hydroxyl groups excluding tert-OH is 1. The number of nitrogens with one attached hydrogen (secondary N) is 1. The lowest BCUT2D eigenvalue weighted by molar-refractivity contribution is -0.136. The molecule has 2 aliphatic heterocycles. The van der Waals surface area contributed by atoms with Crippen LogP contribution < -0.4 is 5.32 Å². The predicted octanol–water partition coefficient (Wildman–Crippen LogP) is 2.75. The molecular weight excluding hydrogens is 450 g/mol. The fraction of sp³-hybridized carbons (Fsp3) is 0.231. The summed E-state index contributed by atoms with van der Waals surface area (Å²) in [4.78, 5) is 67.2. The number of aliphatic hydroxyl groups is 1. The normalized spacial score (nSPS) is 22.7. The fourth-order valence-electron chi connectivity index (χ4n) is 4.70. The largest absolute Gasteiger partial charge is 0.511 e. The number of nitrogens with zero attached hydrogens (tertiary/aromatic N) is 2. The average molecular weight is 471 g/mol. The Morgan fingerprint density at radius 1 is 0.943 bits per heavy atom. The van der Waals surface area contributed by atoms with E-state index in [1.165, 1.54) is 24.4 Å². The zero-order valence-corrected chi connectivity index (χ0v) is 18.6. The number of benzene rings is 2. The first-order valence-corrected chi connectivity index (χ1v) is 11.2. The van der Waals surface area contributed by atoms with Gasteiger partial charge in [-0.2, -0.15) is 0 Å². The number of amides is 4. The van der Waals surface area contributed by atoms with Gasteiger partial charge in [0.1, 0.15) is 11.8 Å². The van der Waals surface area contributed by atoms with E-state index in [0.29, 0.717) is 12.1 Å². The van der Waals surface area contributed by atoms with E-state index in [9.17, 15) is 29.1 Å². The maximum Gasteiger partial charge on any atom is 0.262 e. The van der Waals surface area contributed by atoms with Gasteiger partial charge in [-0.15, -0.1) is 0 Å². The van der Waals surface area contributed by atoms with Crippen LogP contribution in [0.15, 0.2) is 64.9 Å². The number of aliphatic imine (C=N–C) groups is 1. The second kappa shape index (κ2) is 8.75. The number of Topliss-reactive ketones (excluding diaryl/α,β-unsaturated/α-hetero) is 1. The second-order valence-electron chi connectivity index (χ2n) is 8.73. The molecule has 3 aliphatic rings. The number of fused-ring (bicyclic) bond motifs is 1. The molecule has 1 fully saturated rings. The number of piperidine rings is 1. The highest BCUT2D eigenvalue weighted by atomic mass is 16.3. The number of carbonyl (C=O) groups excluding carboxylic acids is 5. The van der Waals surface area contributed by atoms with Gasteiger partial charge in [0.15, 0.2) is 5.78 Å². The second-order valence-corrected chi connectivity index (χ2v) is 8.73. The van der Waals surface area contributed by atoms with Crippen molar-refractivity contribution in [1.82, 2.24) is 10.2 Å². The van der Waals surface area contributed by atoms with E-state index in [1.807, 2.05) is 30.3 Å². The molecule has 4 amide bonds. The van der Waals surface area contributed by atoms with E-state index in [-0.39, 0.29) is 53.4 Å². The third kappa shape index (κ3) is 4.05. The molecule has 2 aromatic carbocycles. The van der Waals surface area contributed by atoms with Gasteiger partial charge >= 0.3 is 0 Å². The molecular formula is C26H21N3O6. The first-order chi connectivity index (χ1) is 16.8. The Labute approximate surface area is 200 Å². The number of ketones is 1. The van der Waals surface area contributed by atoms with Crippen molar-refractivity contribution in [3.63, 3.8) is 0 Å². The number of imide groups is 2. The van der Waals surface area contributed by atoms with Crippen molar-refractivity contribution in [2.75, 3.05) is 0 Å². The van der Waals surface area contributed by atoms with Crippen LogP contribution in [-0.2, 0) is 14.4 Å². The smallest absolute Gasteiger partial charge is 0.262 e. The van der Waals surface area contributed by atoms with Crippen LogP contribution in [0.1, 0.15) is 57.9 Å². The molecule has 1 aliphatic carbocycles. The molecule has 0 radical (unpaired) electrons. The molecule has 0 spiro atoms. The van der Waals surface area contributed by atoms with Crippen LogP contribution in [0.3, 0.4) is 0 Å². The lowest BCUT2D eigenvalue weighted by Gasteiger charge is -2.27. The van der Waals surface area contributed by atoms with Gasteiger partial charge in [0.2, 0.25) is 11.8 Å². The molecule has 2 atom stereocenters. The summed E-state index contributed by atoms with van der Waals surface area (Å²) in [7, 11) is 0. The highest BCUT2D eigenvalue weighted by Crippen LogP contribution is 2.34. The zero-order valence-electron chi connectivity index (χ0n) is 18.6. The van der Waals surface area contributed by atoms with Crippen LogP contribution >= 0.6 is 0 Å². The Hall–Kier alpha value is -4.40. The zero-order chi connectivity index (χ0) is 24.7. The Morgan fingerprint density at radius 2 is 1.69 bits per heavy atom. The molecule has 2 N–H and O–H groups in total. The Balaban J connectivity index is 1.36. The van der Waals surface area contributed by atoms with Crippen molar-refractivity contribution < 1.29 is 29.1 Å². The number of hydrogen-bond acceptors (Lipinski definition) is 7. The number of hydrogen-bond donors (Lipinski definition) is 2.